The molecule has 0 aliphatic carbocycles. The smallest absolute Gasteiger partial charge is 0.320 e. The fourth-order valence-electron chi connectivity index (χ4n) is 12.2. The van der Waals surface area contributed by atoms with Gasteiger partial charge in [0.2, 0.25) is 29.5 Å². The average Bonchev–Trinajstić information content (AvgIpc) is 1.64. The quantitative estimate of drug-likeness (QED) is 0.0217. The van der Waals surface area contributed by atoms with Crippen LogP contribution in [0, 0.1) is 92.3 Å². The Hall–Kier alpha value is -6.47. The third-order valence-electron chi connectivity index (χ3n) is 18.6. The molecule has 672 valence electrons. The van der Waals surface area contributed by atoms with Gasteiger partial charge in [-0.1, -0.05) is 12.1 Å². The normalized spacial score (nSPS) is 18.8. The summed E-state index contributed by atoms with van der Waals surface area (Å²) in [4.78, 5) is 170. The van der Waals surface area contributed by atoms with Crippen LogP contribution < -0.4 is 32.3 Å². The van der Waals surface area contributed by atoms with Crippen LogP contribution in [0.15, 0.2) is 36.4 Å². The van der Waals surface area contributed by atoms with Gasteiger partial charge in [-0.15, -0.1) is 12.1 Å². The number of amides is 5. The van der Waals surface area contributed by atoms with Crippen LogP contribution in [0.4, 0.5) is 0 Å². The van der Waals surface area contributed by atoms with E-state index in [1.165, 1.54) is 19.6 Å². The Morgan fingerprint density at radius 3 is 0.932 bits per heavy atom. The van der Waals surface area contributed by atoms with E-state index in [0.29, 0.717) is 11.4 Å². The van der Waals surface area contributed by atoms with Crippen LogP contribution in [0.2, 0.25) is 0 Å². The number of esters is 2. The number of carbonyl (C=O) groups excluding carboxylic acids is 7. The van der Waals surface area contributed by atoms with Crippen molar-refractivity contribution in [1.82, 2.24) is 66.0 Å². The fourth-order valence-corrected chi connectivity index (χ4v) is 12.2. The zero-order valence-corrected chi connectivity index (χ0v) is 69.2. The number of aliphatic hydroxyl groups excluding tert-OH is 12. The molecule has 4 aliphatic heterocycles. The van der Waals surface area contributed by atoms with Gasteiger partial charge in [0.05, 0.1) is 99.7 Å². The second-order valence-electron chi connectivity index (χ2n) is 27.2. The topological polar surface area (TPSA) is 730 Å². The molecule has 2 aromatic heterocycles. The maximum atomic E-state index is 13.3. The van der Waals surface area contributed by atoms with E-state index in [2.05, 4.69) is 36.6 Å². The van der Waals surface area contributed by atoms with Crippen molar-refractivity contribution in [2.45, 2.75) is 163 Å². The number of nitrogens with zero attached hydrogens (tertiary/aromatic N) is 8. The van der Waals surface area contributed by atoms with Gasteiger partial charge < -0.3 is 144 Å². The van der Waals surface area contributed by atoms with Crippen LogP contribution in [0.25, 0.3) is 0 Å². The van der Waals surface area contributed by atoms with Gasteiger partial charge in [-0.3, -0.25) is 87.1 Å². The molecule has 26 N–H and O–H groups in total. The number of fused-ring (bicyclic) bond motifs is 8. The van der Waals surface area contributed by atoms with E-state index < -0.39 is 184 Å². The summed E-state index contributed by atoms with van der Waals surface area (Å²) >= 11 is 0. The number of pyridine rings is 2. The van der Waals surface area contributed by atoms with E-state index in [0.717, 1.165) is 0 Å². The van der Waals surface area contributed by atoms with Gasteiger partial charge in [-0.2, -0.15) is 12.1 Å². The molecule has 0 saturated carbocycles. The number of hydrogen-bond acceptors (Lipinski definition) is 35. The maximum absolute atomic E-state index is 13.3. The number of aliphatic carboxylic acids is 5. The Balaban J connectivity index is 0.00000108. The first-order chi connectivity index (χ1) is 54.7. The second kappa shape index (κ2) is 58.5. The summed E-state index contributed by atoms with van der Waals surface area (Å²) in [7, 11) is 0. The molecule has 0 radical (unpaired) electrons. The number of nitrogens with two attached hydrogens (primary N) is 1. The van der Waals surface area contributed by atoms with Crippen LogP contribution in [0.5, 0.6) is 0 Å². The molecule has 2 fully saturated rings. The number of nitrogens with one attached hydrogen (secondary N) is 5. The zero-order valence-electron chi connectivity index (χ0n) is 64.6. The van der Waals surface area contributed by atoms with Crippen LogP contribution in [0.3, 0.4) is 0 Å². The third-order valence-corrected chi connectivity index (χ3v) is 18.6. The number of carbonyl (C=O) groups is 12. The summed E-state index contributed by atoms with van der Waals surface area (Å²) in [5.41, 5.74) is 5.95. The Morgan fingerprint density at radius 2 is 0.669 bits per heavy atom. The minimum atomic E-state index is -1.32. The van der Waals surface area contributed by atoms with Gasteiger partial charge in [0, 0.05) is 236 Å². The van der Waals surface area contributed by atoms with Crippen molar-refractivity contribution in [2.24, 2.45) is 5.73 Å². The number of ether oxygens (including phenoxy) is 2. The largest absolute Gasteiger partial charge is 0.505 e. The predicted molar refractivity (Wildman–Crippen MR) is 395 cm³/mol. The van der Waals surface area contributed by atoms with Crippen LogP contribution in [-0.2, 0) is 80.1 Å². The van der Waals surface area contributed by atoms with E-state index >= 15 is 0 Å². The van der Waals surface area contributed by atoms with Crippen LogP contribution >= 0.6 is 0 Å². The van der Waals surface area contributed by atoms with Crippen molar-refractivity contribution in [2.75, 3.05) is 131 Å². The molecule has 6 heterocycles. The third kappa shape index (κ3) is 38.7. The molecule has 12 unspecified atom stereocenters. The van der Waals surface area contributed by atoms with Crippen molar-refractivity contribution >= 4 is 71.3 Å². The van der Waals surface area contributed by atoms with Crippen molar-refractivity contribution in [3.8, 4) is 0 Å². The van der Waals surface area contributed by atoms with Gasteiger partial charge >= 0.3 is 41.8 Å². The summed E-state index contributed by atoms with van der Waals surface area (Å²) in [6.07, 6.45) is -9.32. The first-order valence-corrected chi connectivity index (χ1v) is 37.2. The number of carboxylic acid groups (broad SMARTS) is 5. The molecule has 48 heteroatoms. The van der Waals surface area contributed by atoms with Crippen molar-refractivity contribution in [1.29, 1.82) is 0 Å². The van der Waals surface area contributed by atoms with Crippen LogP contribution in [-0.4, -0.2) is 407 Å². The molecule has 2 aromatic rings. The molecule has 0 spiro atoms. The van der Waals surface area contributed by atoms with Crippen molar-refractivity contribution < 1.29 is 239 Å². The zero-order chi connectivity index (χ0) is 85.4. The molecule has 6 rings (SSSR count). The van der Waals surface area contributed by atoms with Gasteiger partial charge in [0.15, 0.2) is 0 Å². The van der Waals surface area contributed by atoms with E-state index in [1.807, 2.05) is 0 Å². The van der Waals surface area contributed by atoms with E-state index in [-0.39, 0.29) is 291 Å². The second-order valence-corrected chi connectivity index (χ2v) is 27.2. The SMILES string of the molecule is NCC(O)CO.O.O=C(CCC(C(=O)O)N1CCN(C(CCC(=O)NCC(O)CO)C(=O)O)Cc2cccc(n2)[C-]2OC(=O)C(CCC(=O)NCC(O)CO)N2CC1)NCC(O)CO.O=C(O)CCC(C(=O)O)N1CCN(C(CCC(=O)NCC(O)CO)C(=O)O)CCN2[C-](OC(=O)C2CCC(=O)NCC(O)CO)c2cccc(n2)C1.[Gd].[Gd]. The number of aliphatic hydroxyl groups is 12. The molecular weight excluding hydrogens is 1860 g/mol. The molecule has 5 amide bonds. The van der Waals surface area contributed by atoms with E-state index in [9.17, 15) is 109 Å². The molecule has 0 aromatic carbocycles. The number of carboxylic acids is 5. The summed E-state index contributed by atoms with van der Waals surface area (Å²) in [6, 6.07) is 2.35. The first-order valence-electron chi connectivity index (χ1n) is 37.2. The molecule has 46 nitrogen and oxygen atoms in total. The van der Waals surface area contributed by atoms with Crippen molar-refractivity contribution in [3.63, 3.8) is 0 Å². The number of aromatic nitrogens is 2. The summed E-state index contributed by atoms with van der Waals surface area (Å²) in [5.74, 6) is -10.6. The predicted octanol–water partition coefficient (Wildman–Crippen LogP) is -11.1. The fraction of sp³-hybridized carbons (Fsp3) is 0.657. The van der Waals surface area contributed by atoms with E-state index in [1.54, 1.807) is 46.2 Å². The number of rotatable bonds is 43. The van der Waals surface area contributed by atoms with Gasteiger partial charge in [0.1, 0.15) is 24.2 Å². The molecule has 118 heavy (non-hydrogen) atoms. The van der Waals surface area contributed by atoms with Gasteiger partial charge in [-0.25, -0.2) is 0 Å². The molecule has 4 aliphatic rings. The maximum Gasteiger partial charge on any atom is 0.320 e. The summed E-state index contributed by atoms with van der Waals surface area (Å²) in [5, 5.41) is 172. The van der Waals surface area contributed by atoms with Crippen LogP contribution in [0.1, 0.15) is 99.8 Å². The standard InChI is InChI=1S/C35H54N7O15.C32H47N6O14.C3H9NO2.2Gd.H2O/c43-18-22(46)14-36-29(49)7-4-26(33(52)53)40-10-11-41(27(34(54)55)5-8-30(50)37-15-23(47)19-44)17-21-2-1-3-25(39-21)32-42(13-12-40)28(35(56)57-32)6-9-31(51)38-16-24(48)20-45;39-17-20(41)14-33-26(43)7-4-23(30(47)48)36-10-11-37(24(31(49)50)6-9-28(45)46)16-19-2-1-3-22(35-19)29-38(13-12-36)25(32(51)52-29)5-8-27(44)34-15-21(42)18-40;4-1-3(6)2-5;;;/h1-3,22-24,26-28,43-48H,4-20H2,(H,36,49)(H,37,50)(H,38,51)(H,52,53)(H,54,55);1-3,20-21,23-25,39-42H,4-18H2,(H,33,43)(H,34,44)(H,45,46)(H,47,48)(H,49,50);3,5-6H,1-2,4H2;;;1H2/q2*-1;;;;. The number of hydrogen-bond donors (Lipinski definition) is 23. The molecule has 12 atom stereocenters. The minimum absolute atomic E-state index is 0. The van der Waals surface area contributed by atoms with Gasteiger partial charge in [0.25, 0.3) is 0 Å². The Bertz CT molecular complexity index is 3440. The average molecular weight is 1980 g/mol. The molecule has 4 bridgehead atoms. The Kier molecular flexibility index (Phi) is 54.3. The van der Waals surface area contributed by atoms with Gasteiger partial charge in [-0.05, 0) is 49.9 Å². The Labute approximate surface area is 742 Å². The molecule has 2 saturated heterocycles. The Morgan fingerprint density at radius 1 is 0.407 bits per heavy atom. The van der Waals surface area contributed by atoms with E-state index in [4.69, 9.17) is 51.0 Å². The summed E-state index contributed by atoms with van der Waals surface area (Å²) < 4.78 is 11.4. The monoisotopic (exact) mass is 1980 g/mol. The van der Waals surface area contributed by atoms with Crippen molar-refractivity contribution in [3.05, 3.63) is 71.6 Å². The minimum Gasteiger partial charge on any atom is -0.505 e. The first kappa shape index (κ1) is 110. The summed E-state index contributed by atoms with van der Waals surface area (Å²) in [6.45, 7) is -4.92. The molecular formula is C70H112Gd2N14O32-2.